The predicted molar refractivity (Wildman–Crippen MR) is 181 cm³/mol. The SMILES string of the molecule is Cc1c(/C=C\Cc2cc(C#N)ccc2-n2c3ccccc3c3cc(C#N)ccc32)oc2c3c(ccc12)-c1ccccc1C3(C)C. The molecule has 0 aliphatic heterocycles. The van der Waals surface area contributed by atoms with Crippen molar-refractivity contribution < 1.29 is 4.42 Å². The molecule has 0 atom stereocenters. The van der Waals surface area contributed by atoms with Gasteiger partial charge in [0, 0.05) is 38.4 Å². The molecule has 0 unspecified atom stereocenters. The van der Waals surface area contributed by atoms with Crippen LogP contribution in [0.15, 0.2) is 108 Å². The highest BCUT2D eigenvalue weighted by molar-refractivity contribution is 6.09. The Kier molecular flexibility index (Phi) is 5.86. The molecule has 0 saturated carbocycles. The zero-order chi connectivity index (χ0) is 30.9. The molecule has 4 heteroatoms. The lowest BCUT2D eigenvalue weighted by Crippen LogP contribution is -2.15. The van der Waals surface area contributed by atoms with Crippen molar-refractivity contribution in [1.29, 1.82) is 10.5 Å². The Morgan fingerprint density at radius 1 is 0.756 bits per heavy atom. The highest BCUT2D eigenvalue weighted by Crippen LogP contribution is 2.52. The van der Waals surface area contributed by atoms with Gasteiger partial charge in [0.15, 0.2) is 0 Å². The quantitative estimate of drug-likeness (QED) is 0.208. The Hall–Kier alpha value is -5.84. The summed E-state index contributed by atoms with van der Waals surface area (Å²) in [5.41, 5.74) is 12.4. The Bertz CT molecular complexity index is 2470. The van der Waals surface area contributed by atoms with E-state index in [-0.39, 0.29) is 5.41 Å². The summed E-state index contributed by atoms with van der Waals surface area (Å²) in [4.78, 5) is 0. The van der Waals surface area contributed by atoms with E-state index in [1.165, 1.54) is 22.3 Å². The molecule has 0 fully saturated rings. The maximum absolute atomic E-state index is 9.77. The van der Waals surface area contributed by atoms with E-state index in [9.17, 15) is 10.5 Å². The van der Waals surface area contributed by atoms with E-state index in [0.717, 1.165) is 55.3 Å². The van der Waals surface area contributed by atoms with Gasteiger partial charge in [-0.1, -0.05) is 74.5 Å². The van der Waals surface area contributed by atoms with E-state index in [1.807, 2.05) is 48.5 Å². The van der Waals surface area contributed by atoms with Gasteiger partial charge in [-0.2, -0.15) is 10.5 Å². The number of nitriles is 2. The van der Waals surface area contributed by atoms with E-state index >= 15 is 0 Å². The summed E-state index contributed by atoms with van der Waals surface area (Å²) in [5.74, 6) is 0.851. The second kappa shape index (κ2) is 9.84. The standard InChI is InChI=1S/C41H29N3O/c1-25-29-17-18-32-30-10-4-6-12-34(30)41(2,3)39(32)40(29)45-38(25)14-8-9-28-21-26(23-42)15-19-35(28)44-36-13-7-5-11-31(36)33-22-27(24-43)16-20-37(33)44/h4-8,10-22H,9H2,1-3H3/b14-8-. The van der Waals surface area contributed by atoms with Crippen LogP contribution in [0.25, 0.3) is 55.7 Å². The highest BCUT2D eigenvalue weighted by Gasteiger charge is 2.38. The first-order valence-electron chi connectivity index (χ1n) is 15.2. The number of allylic oxidation sites excluding steroid dienone is 1. The average molecular weight is 580 g/mol. The number of furan rings is 1. The topological polar surface area (TPSA) is 65.7 Å². The van der Waals surface area contributed by atoms with Gasteiger partial charge in [-0.25, -0.2) is 0 Å². The van der Waals surface area contributed by atoms with Gasteiger partial charge >= 0.3 is 0 Å². The normalized spacial score (nSPS) is 13.4. The molecular weight excluding hydrogens is 550 g/mol. The zero-order valence-corrected chi connectivity index (χ0v) is 25.3. The van der Waals surface area contributed by atoms with E-state index in [2.05, 4.69) is 98.2 Å². The van der Waals surface area contributed by atoms with Crippen LogP contribution in [-0.2, 0) is 11.8 Å². The Balaban J connectivity index is 1.23. The van der Waals surface area contributed by atoms with Crippen LogP contribution in [0, 0.1) is 29.6 Å². The number of hydrogen-bond acceptors (Lipinski definition) is 3. The van der Waals surface area contributed by atoms with E-state index in [1.54, 1.807) is 0 Å². The number of nitrogens with zero attached hydrogens (tertiary/aromatic N) is 3. The molecule has 0 radical (unpaired) electrons. The van der Waals surface area contributed by atoms with Crippen LogP contribution in [0.2, 0.25) is 0 Å². The van der Waals surface area contributed by atoms with Crippen molar-refractivity contribution in [2.24, 2.45) is 0 Å². The molecule has 0 spiro atoms. The van der Waals surface area contributed by atoms with Crippen LogP contribution in [-0.4, -0.2) is 4.57 Å². The van der Waals surface area contributed by atoms with Gasteiger partial charge in [-0.3, -0.25) is 0 Å². The summed E-state index contributed by atoms with van der Waals surface area (Å²) in [6.07, 6.45) is 4.82. The largest absolute Gasteiger partial charge is 0.456 e. The molecular formula is C41H29N3O. The molecule has 2 aromatic heterocycles. The maximum Gasteiger partial charge on any atom is 0.139 e. The van der Waals surface area contributed by atoms with Gasteiger partial charge in [-0.15, -0.1) is 0 Å². The Morgan fingerprint density at radius 3 is 2.33 bits per heavy atom. The molecule has 0 saturated heterocycles. The van der Waals surface area contributed by atoms with Crippen molar-refractivity contribution >= 4 is 38.9 Å². The highest BCUT2D eigenvalue weighted by atomic mass is 16.3. The molecule has 8 rings (SSSR count). The first-order chi connectivity index (χ1) is 21.9. The van der Waals surface area contributed by atoms with E-state index in [4.69, 9.17) is 4.42 Å². The molecule has 45 heavy (non-hydrogen) atoms. The number of fused-ring (bicyclic) bond motifs is 8. The third-order valence-corrected chi connectivity index (χ3v) is 9.52. The molecule has 1 aliphatic carbocycles. The number of hydrogen-bond donors (Lipinski definition) is 0. The van der Waals surface area contributed by atoms with Crippen LogP contribution < -0.4 is 0 Å². The number of benzene rings is 5. The minimum atomic E-state index is -0.153. The number of aromatic nitrogens is 1. The molecule has 0 bridgehead atoms. The minimum absolute atomic E-state index is 0.153. The van der Waals surface area contributed by atoms with Crippen molar-refractivity contribution in [1.82, 2.24) is 4.57 Å². The molecule has 4 nitrogen and oxygen atoms in total. The monoisotopic (exact) mass is 579 g/mol. The molecule has 1 aliphatic rings. The fraction of sp³-hybridized carbons (Fsp3) is 0.122. The summed E-state index contributed by atoms with van der Waals surface area (Å²) in [6.45, 7) is 6.69. The Labute approximate surface area is 261 Å². The van der Waals surface area contributed by atoms with Gasteiger partial charge in [0.2, 0.25) is 0 Å². The summed E-state index contributed by atoms with van der Waals surface area (Å²) in [6, 6.07) is 37.7. The molecule has 214 valence electrons. The fourth-order valence-corrected chi connectivity index (χ4v) is 7.34. The van der Waals surface area contributed by atoms with E-state index in [0.29, 0.717) is 17.5 Å². The lowest BCUT2D eigenvalue weighted by Gasteiger charge is -2.21. The Morgan fingerprint density at radius 2 is 1.49 bits per heavy atom. The molecule has 7 aromatic rings. The van der Waals surface area contributed by atoms with Gasteiger partial charge < -0.3 is 8.98 Å². The van der Waals surface area contributed by atoms with Crippen molar-refractivity contribution in [2.75, 3.05) is 0 Å². The number of rotatable bonds is 4. The van der Waals surface area contributed by atoms with Crippen LogP contribution >= 0.6 is 0 Å². The van der Waals surface area contributed by atoms with E-state index < -0.39 is 0 Å². The molecule has 5 aromatic carbocycles. The van der Waals surface area contributed by atoms with Crippen LogP contribution in [0.3, 0.4) is 0 Å². The molecule has 2 heterocycles. The van der Waals surface area contributed by atoms with Crippen LogP contribution in [0.1, 0.15) is 53.0 Å². The lowest BCUT2D eigenvalue weighted by molar-refractivity contribution is 0.578. The summed E-state index contributed by atoms with van der Waals surface area (Å²) in [7, 11) is 0. The van der Waals surface area contributed by atoms with Crippen molar-refractivity contribution in [3.05, 3.63) is 142 Å². The maximum atomic E-state index is 9.77. The first kappa shape index (κ1) is 26.8. The van der Waals surface area contributed by atoms with Crippen LogP contribution in [0.5, 0.6) is 0 Å². The van der Waals surface area contributed by atoms with Gasteiger partial charge in [0.25, 0.3) is 0 Å². The zero-order valence-electron chi connectivity index (χ0n) is 25.3. The van der Waals surface area contributed by atoms with Crippen molar-refractivity contribution in [2.45, 2.75) is 32.6 Å². The number of aryl methyl sites for hydroxylation is 1. The second-order valence-corrected chi connectivity index (χ2v) is 12.4. The summed E-state index contributed by atoms with van der Waals surface area (Å²) >= 11 is 0. The van der Waals surface area contributed by atoms with Gasteiger partial charge in [0.05, 0.1) is 34.3 Å². The summed E-state index contributed by atoms with van der Waals surface area (Å²) < 4.78 is 8.90. The van der Waals surface area contributed by atoms with Crippen molar-refractivity contribution in [3.63, 3.8) is 0 Å². The lowest BCUT2D eigenvalue weighted by atomic mass is 9.82. The molecule has 0 amide bonds. The third-order valence-electron chi connectivity index (χ3n) is 9.52. The molecule has 0 N–H and O–H groups in total. The van der Waals surface area contributed by atoms with Gasteiger partial charge in [-0.05, 0) is 84.1 Å². The second-order valence-electron chi connectivity index (χ2n) is 12.4. The first-order valence-corrected chi connectivity index (χ1v) is 15.2. The third kappa shape index (κ3) is 3.90. The van der Waals surface area contributed by atoms with Crippen LogP contribution in [0.4, 0.5) is 0 Å². The smallest absolute Gasteiger partial charge is 0.139 e. The fourth-order valence-electron chi connectivity index (χ4n) is 7.34. The van der Waals surface area contributed by atoms with Gasteiger partial charge in [0.1, 0.15) is 11.3 Å². The summed E-state index contributed by atoms with van der Waals surface area (Å²) in [5, 5.41) is 22.6. The predicted octanol–water partition coefficient (Wildman–Crippen LogP) is 10.1. The number of para-hydroxylation sites is 1. The minimum Gasteiger partial charge on any atom is -0.456 e. The van der Waals surface area contributed by atoms with Crippen molar-refractivity contribution in [3.8, 4) is 29.0 Å². The average Bonchev–Trinajstić information content (AvgIpc) is 3.65.